The first-order valence-electron chi connectivity index (χ1n) is 9.49. The van der Waals surface area contributed by atoms with Crippen molar-refractivity contribution in [2.75, 3.05) is 26.2 Å². The van der Waals surface area contributed by atoms with E-state index in [4.69, 9.17) is 0 Å². The van der Waals surface area contributed by atoms with Crippen molar-refractivity contribution < 1.29 is 9.18 Å². The molecule has 3 aliphatic heterocycles. The number of piperidine rings is 1. The molecular formula is C20H25FN2O. The zero-order valence-corrected chi connectivity index (χ0v) is 14.0. The Kier molecular flexibility index (Phi) is 3.44. The zero-order valence-electron chi connectivity index (χ0n) is 14.0. The quantitative estimate of drug-likeness (QED) is 0.833. The van der Waals surface area contributed by atoms with Crippen LogP contribution in [0.2, 0.25) is 0 Å². The second kappa shape index (κ2) is 5.55. The summed E-state index contributed by atoms with van der Waals surface area (Å²) in [5.74, 6) is 1.99. The summed E-state index contributed by atoms with van der Waals surface area (Å²) in [6.45, 7) is 4.40. The third kappa shape index (κ3) is 2.38. The van der Waals surface area contributed by atoms with Crippen LogP contribution >= 0.6 is 0 Å². The monoisotopic (exact) mass is 328 g/mol. The van der Waals surface area contributed by atoms with Gasteiger partial charge < -0.3 is 4.90 Å². The largest absolute Gasteiger partial charge is 0.342 e. The molecule has 3 nitrogen and oxygen atoms in total. The van der Waals surface area contributed by atoms with Gasteiger partial charge in [-0.15, -0.1) is 0 Å². The van der Waals surface area contributed by atoms with Crippen molar-refractivity contribution in [2.45, 2.75) is 37.6 Å². The van der Waals surface area contributed by atoms with Crippen LogP contribution in [-0.4, -0.2) is 47.9 Å². The van der Waals surface area contributed by atoms with Gasteiger partial charge in [-0.1, -0.05) is 18.6 Å². The number of carbonyl (C=O) groups is 1. The molecule has 4 fully saturated rings. The van der Waals surface area contributed by atoms with Gasteiger partial charge in [-0.3, -0.25) is 9.69 Å². The van der Waals surface area contributed by atoms with Crippen molar-refractivity contribution in [3.8, 4) is 0 Å². The first kappa shape index (κ1) is 14.9. The Bertz CT molecular complexity index is 646. The van der Waals surface area contributed by atoms with Gasteiger partial charge in [0.25, 0.3) is 0 Å². The number of rotatable bonds is 2. The highest BCUT2D eigenvalue weighted by molar-refractivity contribution is 5.83. The molecule has 3 saturated heterocycles. The maximum atomic E-state index is 13.1. The standard InChI is InChI=1S/C20H25FN2O/c21-15-6-4-13(5-7-15)16-9-17(16)20(24)23-11-14-10-22-8-2-1-3-19(22)18(14)12-23/h4-7,14,16-19H,1-3,8-12H2/t14-,16+,17+,18+,19+/m0/s1. The summed E-state index contributed by atoms with van der Waals surface area (Å²) in [4.78, 5) is 17.7. The lowest BCUT2D eigenvalue weighted by Gasteiger charge is -2.33. The van der Waals surface area contributed by atoms with Crippen molar-refractivity contribution in [2.24, 2.45) is 17.8 Å². The summed E-state index contributed by atoms with van der Waals surface area (Å²) in [6.07, 6.45) is 4.96. The molecular weight excluding hydrogens is 303 g/mol. The van der Waals surface area contributed by atoms with E-state index in [-0.39, 0.29) is 11.7 Å². The lowest BCUT2D eigenvalue weighted by atomic mass is 9.90. The molecule has 0 spiro atoms. The molecule has 1 amide bonds. The first-order chi connectivity index (χ1) is 11.7. The molecule has 5 atom stereocenters. The minimum absolute atomic E-state index is 0.136. The maximum absolute atomic E-state index is 13.1. The number of nitrogens with zero attached hydrogens (tertiary/aromatic N) is 2. The molecule has 3 heterocycles. The molecule has 24 heavy (non-hydrogen) atoms. The lowest BCUT2D eigenvalue weighted by molar-refractivity contribution is -0.132. The highest BCUT2D eigenvalue weighted by Gasteiger charge is 2.52. The molecule has 0 aromatic heterocycles. The van der Waals surface area contributed by atoms with Gasteiger partial charge in [0.15, 0.2) is 0 Å². The van der Waals surface area contributed by atoms with Crippen LogP contribution in [0.15, 0.2) is 24.3 Å². The van der Waals surface area contributed by atoms with Crippen LogP contribution in [-0.2, 0) is 4.79 Å². The average Bonchev–Trinajstić information content (AvgIpc) is 3.16. The predicted octanol–water partition coefficient (Wildman–Crippen LogP) is 2.87. The summed E-state index contributed by atoms with van der Waals surface area (Å²) in [7, 11) is 0. The van der Waals surface area contributed by atoms with Crippen LogP contribution < -0.4 is 0 Å². The van der Waals surface area contributed by atoms with Crippen LogP contribution in [0.5, 0.6) is 0 Å². The second-order valence-corrected chi connectivity index (χ2v) is 8.23. The Morgan fingerprint density at radius 1 is 1.08 bits per heavy atom. The van der Waals surface area contributed by atoms with E-state index in [2.05, 4.69) is 9.80 Å². The van der Waals surface area contributed by atoms with Gasteiger partial charge in [-0.25, -0.2) is 4.39 Å². The normalized spacial score (nSPS) is 38.0. The molecule has 5 rings (SSSR count). The van der Waals surface area contributed by atoms with Crippen molar-refractivity contribution in [3.05, 3.63) is 35.6 Å². The number of hydrogen-bond donors (Lipinski definition) is 0. The number of amides is 1. The van der Waals surface area contributed by atoms with Crippen molar-refractivity contribution in [1.82, 2.24) is 9.80 Å². The molecule has 0 radical (unpaired) electrons. The van der Waals surface area contributed by atoms with Crippen molar-refractivity contribution in [1.29, 1.82) is 0 Å². The molecule has 1 saturated carbocycles. The van der Waals surface area contributed by atoms with Gasteiger partial charge in [0.1, 0.15) is 5.82 Å². The zero-order chi connectivity index (χ0) is 16.3. The third-order valence-corrected chi connectivity index (χ3v) is 6.84. The smallest absolute Gasteiger partial charge is 0.226 e. The number of benzene rings is 1. The van der Waals surface area contributed by atoms with Crippen LogP contribution in [0.1, 0.15) is 37.2 Å². The van der Waals surface area contributed by atoms with Crippen LogP contribution in [0, 0.1) is 23.6 Å². The molecule has 0 N–H and O–H groups in total. The first-order valence-corrected chi connectivity index (χ1v) is 9.49. The van der Waals surface area contributed by atoms with E-state index in [1.165, 1.54) is 44.5 Å². The summed E-state index contributed by atoms with van der Waals surface area (Å²) < 4.78 is 13.1. The van der Waals surface area contributed by atoms with Crippen molar-refractivity contribution >= 4 is 5.91 Å². The van der Waals surface area contributed by atoms with E-state index < -0.39 is 0 Å². The van der Waals surface area contributed by atoms with Crippen LogP contribution in [0.25, 0.3) is 0 Å². The highest BCUT2D eigenvalue weighted by Crippen LogP contribution is 2.50. The summed E-state index contributed by atoms with van der Waals surface area (Å²) in [5.41, 5.74) is 1.12. The number of carbonyl (C=O) groups excluding carboxylic acids is 1. The Labute approximate surface area is 142 Å². The highest BCUT2D eigenvalue weighted by atomic mass is 19.1. The molecule has 0 unspecified atom stereocenters. The predicted molar refractivity (Wildman–Crippen MR) is 90.0 cm³/mol. The SMILES string of the molecule is O=C([C@@H]1C[C@@H]1c1ccc(F)cc1)N1C[C@@H]2CN3CCCC[C@@H]3[C@@H]2C1. The van der Waals surface area contributed by atoms with Gasteiger partial charge in [-0.05, 0) is 61.3 Å². The molecule has 1 aliphatic carbocycles. The summed E-state index contributed by atoms with van der Waals surface area (Å²) in [6, 6.07) is 7.42. The molecule has 4 heteroatoms. The van der Waals surface area contributed by atoms with Gasteiger partial charge >= 0.3 is 0 Å². The fourth-order valence-corrected chi connectivity index (χ4v) is 5.52. The van der Waals surface area contributed by atoms with E-state index in [0.717, 1.165) is 31.1 Å². The molecule has 128 valence electrons. The number of hydrogen-bond acceptors (Lipinski definition) is 2. The molecule has 1 aromatic carbocycles. The van der Waals surface area contributed by atoms with Gasteiger partial charge in [0, 0.05) is 31.6 Å². The van der Waals surface area contributed by atoms with E-state index >= 15 is 0 Å². The number of fused-ring (bicyclic) bond motifs is 3. The van der Waals surface area contributed by atoms with E-state index in [1.807, 2.05) is 12.1 Å². The lowest BCUT2D eigenvalue weighted by Crippen LogP contribution is -2.41. The fourth-order valence-electron chi connectivity index (χ4n) is 5.52. The molecule has 0 bridgehead atoms. The Hall–Kier alpha value is -1.42. The Morgan fingerprint density at radius 2 is 1.92 bits per heavy atom. The second-order valence-electron chi connectivity index (χ2n) is 8.23. The number of likely N-dealkylation sites (tertiary alicyclic amines) is 1. The van der Waals surface area contributed by atoms with Gasteiger partial charge in [0.2, 0.25) is 5.91 Å². The van der Waals surface area contributed by atoms with E-state index in [0.29, 0.717) is 23.7 Å². The third-order valence-electron chi connectivity index (χ3n) is 6.84. The minimum Gasteiger partial charge on any atom is -0.342 e. The van der Waals surface area contributed by atoms with E-state index in [9.17, 15) is 9.18 Å². The molecule has 4 aliphatic rings. The van der Waals surface area contributed by atoms with Crippen LogP contribution in [0.3, 0.4) is 0 Å². The van der Waals surface area contributed by atoms with Gasteiger partial charge in [0.05, 0.1) is 0 Å². The van der Waals surface area contributed by atoms with Crippen molar-refractivity contribution in [3.63, 3.8) is 0 Å². The Balaban J connectivity index is 1.23. The topological polar surface area (TPSA) is 23.6 Å². The maximum Gasteiger partial charge on any atom is 0.226 e. The fraction of sp³-hybridized carbons (Fsp3) is 0.650. The number of halogens is 1. The summed E-state index contributed by atoms with van der Waals surface area (Å²) in [5, 5.41) is 0. The average molecular weight is 328 g/mol. The van der Waals surface area contributed by atoms with Crippen LogP contribution in [0.4, 0.5) is 4.39 Å². The van der Waals surface area contributed by atoms with Gasteiger partial charge in [-0.2, -0.15) is 0 Å². The van der Waals surface area contributed by atoms with E-state index in [1.54, 1.807) is 0 Å². The Morgan fingerprint density at radius 3 is 2.75 bits per heavy atom. The summed E-state index contributed by atoms with van der Waals surface area (Å²) >= 11 is 0. The minimum atomic E-state index is -0.202. The molecule has 1 aromatic rings.